The van der Waals surface area contributed by atoms with Gasteiger partial charge in [0.15, 0.2) is 15.9 Å². The number of carbonyl (C=O) groups excluding carboxylic acids is 1. The number of hydrogen-bond acceptors (Lipinski definition) is 5. The zero-order valence-electron chi connectivity index (χ0n) is 14.6. The van der Waals surface area contributed by atoms with Crippen molar-refractivity contribution in [2.24, 2.45) is 0 Å². The van der Waals surface area contributed by atoms with Gasteiger partial charge in [-0.3, -0.25) is 9.89 Å². The molecule has 1 unspecified atom stereocenters. The molecule has 0 radical (unpaired) electrons. The average molecular weight is 388 g/mol. The summed E-state index contributed by atoms with van der Waals surface area (Å²) in [6.07, 6.45) is 0.353. The van der Waals surface area contributed by atoms with E-state index in [4.69, 9.17) is 4.74 Å². The summed E-state index contributed by atoms with van der Waals surface area (Å²) in [5.41, 5.74) is 2.38. The van der Waals surface area contributed by atoms with Crippen molar-refractivity contribution in [1.29, 1.82) is 0 Å². The van der Waals surface area contributed by atoms with Crippen LogP contribution in [0.25, 0.3) is 11.3 Å². The Morgan fingerprint density at radius 1 is 1.11 bits per heavy atom. The van der Waals surface area contributed by atoms with Crippen molar-refractivity contribution in [1.82, 2.24) is 10.2 Å². The highest BCUT2D eigenvalue weighted by molar-refractivity contribution is 7.90. The quantitative estimate of drug-likeness (QED) is 0.678. The Morgan fingerprint density at radius 3 is 2.30 bits per heavy atom. The molecule has 6 nitrogen and oxygen atoms in total. The number of rotatable bonds is 5. The maximum atomic E-state index is 13.2. The minimum atomic E-state index is -3.28. The van der Waals surface area contributed by atoms with Gasteiger partial charge in [0, 0.05) is 13.2 Å². The molecule has 1 atom stereocenters. The van der Waals surface area contributed by atoms with E-state index in [-0.39, 0.29) is 4.90 Å². The molecule has 0 amide bonds. The van der Waals surface area contributed by atoms with Gasteiger partial charge in [0.25, 0.3) is 0 Å². The van der Waals surface area contributed by atoms with Gasteiger partial charge in [0.05, 0.1) is 10.6 Å². The molecule has 3 aromatic rings. The van der Waals surface area contributed by atoms with Crippen LogP contribution in [0.2, 0.25) is 0 Å². The van der Waals surface area contributed by atoms with E-state index in [1.165, 1.54) is 43.3 Å². The van der Waals surface area contributed by atoms with Crippen molar-refractivity contribution >= 4 is 15.8 Å². The van der Waals surface area contributed by atoms with Crippen molar-refractivity contribution in [2.45, 2.75) is 17.9 Å². The van der Waals surface area contributed by atoms with Crippen LogP contribution < -0.4 is 0 Å². The lowest BCUT2D eigenvalue weighted by Gasteiger charge is -2.15. The Morgan fingerprint density at radius 2 is 1.74 bits per heavy atom. The Balaban J connectivity index is 1.93. The predicted octanol–water partition coefficient (Wildman–Crippen LogP) is 3.27. The maximum Gasteiger partial charge on any atom is 0.303 e. The molecule has 0 fully saturated rings. The largest absolute Gasteiger partial charge is 0.451 e. The van der Waals surface area contributed by atoms with Crippen molar-refractivity contribution in [3.63, 3.8) is 0 Å². The second-order valence-electron chi connectivity index (χ2n) is 6.04. The Bertz CT molecular complexity index is 1060. The van der Waals surface area contributed by atoms with Gasteiger partial charge in [-0.1, -0.05) is 24.3 Å². The summed E-state index contributed by atoms with van der Waals surface area (Å²) < 4.78 is 41.7. The second-order valence-corrected chi connectivity index (χ2v) is 8.06. The standard InChI is InChI=1S/C19H17FN2O4S/c1-12(23)26-19(14-3-7-15(20)8-4-14)18-11-17(21-22-18)13-5-9-16(10-6-13)27(2,24)25/h3-11,19H,1-2H3,(H,21,22). The number of hydrogen-bond donors (Lipinski definition) is 1. The van der Waals surface area contributed by atoms with E-state index in [0.717, 1.165) is 11.8 Å². The number of aromatic amines is 1. The molecule has 3 rings (SSSR count). The van der Waals surface area contributed by atoms with Crippen LogP contribution in [0.1, 0.15) is 24.3 Å². The van der Waals surface area contributed by atoms with E-state index >= 15 is 0 Å². The monoisotopic (exact) mass is 388 g/mol. The lowest BCUT2D eigenvalue weighted by atomic mass is 10.0. The van der Waals surface area contributed by atoms with Crippen molar-refractivity contribution < 1.29 is 22.3 Å². The van der Waals surface area contributed by atoms with Crippen LogP contribution in [-0.2, 0) is 19.4 Å². The number of sulfone groups is 1. The topological polar surface area (TPSA) is 89.1 Å². The highest BCUT2D eigenvalue weighted by Crippen LogP contribution is 2.28. The molecule has 1 heterocycles. The first kappa shape index (κ1) is 18.8. The molecule has 8 heteroatoms. The number of carbonyl (C=O) groups is 1. The first-order chi connectivity index (χ1) is 12.7. The number of nitrogens with zero attached hydrogens (tertiary/aromatic N) is 1. The summed E-state index contributed by atoms with van der Waals surface area (Å²) in [5.74, 6) is -0.889. The van der Waals surface area contributed by atoms with Gasteiger partial charge in [-0.15, -0.1) is 0 Å². The van der Waals surface area contributed by atoms with Crippen molar-refractivity contribution in [3.8, 4) is 11.3 Å². The molecule has 27 heavy (non-hydrogen) atoms. The fourth-order valence-corrected chi connectivity index (χ4v) is 3.23. The molecular weight excluding hydrogens is 371 g/mol. The van der Waals surface area contributed by atoms with E-state index in [1.807, 2.05) is 0 Å². The van der Waals surface area contributed by atoms with Crippen LogP contribution in [0, 0.1) is 5.82 Å². The average Bonchev–Trinajstić information content (AvgIpc) is 3.09. The summed E-state index contributed by atoms with van der Waals surface area (Å²) in [7, 11) is -3.28. The lowest BCUT2D eigenvalue weighted by molar-refractivity contribution is -0.144. The fourth-order valence-electron chi connectivity index (χ4n) is 2.60. The molecular formula is C19H17FN2O4S. The summed E-state index contributed by atoms with van der Waals surface area (Å²) >= 11 is 0. The van der Waals surface area contributed by atoms with Crippen LogP contribution in [0.3, 0.4) is 0 Å². The number of esters is 1. The van der Waals surface area contributed by atoms with Crippen LogP contribution in [0.4, 0.5) is 4.39 Å². The number of aromatic nitrogens is 2. The van der Waals surface area contributed by atoms with E-state index in [2.05, 4.69) is 10.2 Å². The minimum absolute atomic E-state index is 0.218. The van der Waals surface area contributed by atoms with E-state index in [0.29, 0.717) is 17.0 Å². The minimum Gasteiger partial charge on any atom is -0.451 e. The fraction of sp³-hybridized carbons (Fsp3) is 0.158. The molecule has 140 valence electrons. The number of nitrogens with one attached hydrogen (secondary N) is 1. The second kappa shape index (κ2) is 7.32. The highest BCUT2D eigenvalue weighted by Gasteiger charge is 2.21. The van der Waals surface area contributed by atoms with Gasteiger partial charge in [-0.05, 0) is 41.5 Å². The maximum absolute atomic E-state index is 13.2. The van der Waals surface area contributed by atoms with E-state index in [9.17, 15) is 17.6 Å². The van der Waals surface area contributed by atoms with Crippen LogP contribution in [0.5, 0.6) is 0 Å². The Labute approximate surface area is 155 Å². The third-order valence-electron chi connectivity index (χ3n) is 3.92. The number of ether oxygens (including phenoxy) is 1. The third kappa shape index (κ3) is 4.40. The number of benzene rings is 2. The SMILES string of the molecule is CC(=O)OC(c1ccc(F)cc1)c1cc(-c2ccc(S(C)(=O)=O)cc2)[nH]n1. The van der Waals surface area contributed by atoms with Gasteiger partial charge in [-0.2, -0.15) is 5.10 Å². The summed E-state index contributed by atoms with van der Waals surface area (Å²) in [4.78, 5) is 11.7. The van der Waals surface area contributed by atoms with Crippen LogP contribution in [-0.4, -0.2) is 30.8 Å². The molecule has 1 aromatic heterocycles. The zero-order chi connectivity index (χ0) is 19.6. The predicted molar refractivity (Wildman–Crippen MR) is 97.1 cm³/mol. The smallest absolute Gasteiger partial charge is 0.303 e. The molecule has 2 aromatic carbocycles. The summed E-state index contributed by atoms with van der Waals surface area (Å²) in [6, 6.07) is 13.7. The summed E-state index contributed by atoms with van der Waals surface area (Å²) in [5, 5.41) is 7.05. The molecule has 0 saturated carbocycles. The third-order valence-corrected chi connectivity index (χ3v) is 5.04. The van der Waals surface area contributed by atoms with Gasteiger partial charge in [0.2, 0.25) is 0 Å². The van der Waals surface area contributed by atoms with Gasteiger partial charge < -0.3 is 4.74 Å². The normalized spacial score (nSPS) is 12.6. The molecule has 0 bridgehead atoms. The highest BCUT2D eigenvalue weighted by atomic mass is 32.2. The van der Waals surface area contributed by atoms with E-state index in [1.54, 1.807) is 18.2 Å². The molecule has 0 aliphatic heterocycles. The molecule has 0 spiro atoms. The van der Waals surface area contributed by atoms with Crippen LogP contribution in [0.15, 0.2) is 59.5 Å². The molecule has 0 saturated heterocycles. The van der Waals surface area contributed by atoms with Gasteiger partial charge in [-0.25, -0.2) is 12.8 Å². The Kier molecular flexibility index (Phi) is 5.09. The summed E-state index contributed by atoms with van der Waals surface area (Å²) in [6.45, 7) is 1.29. The zero-order valence-corrected chi connectivity index (χ0v) is 15.5. The number of halogens is 1. The van der Waals surface area contributed by atoms with Crippen molar-refractivity contribution in [3.05, 3.63) is 71.7 Å². The Hall–Kier alpha value is -3.00. The molecule has 0 aliphatic rings. The first-order valence-corrected chi connectivity index (χ1v) is 9.91. The molecule has 0 aliphatic carbocycles. The van der Waals surface area contributed by atoms with Crippen molar-refractivity contribution in [2.75, 3.05) is 6.26 Å². The number of H-pyrrole nitrogens is 1. The lowest BCUT2D eigenvalue weighted by Crippen LogP contribution is -2.10. The van der Waals surface area contributed by atoms with Gasteiger partial charge in [0.1, 0.15) is 11.5 Å². The van der Waals surface area contributed by atoms with E-state index < -0.39 is 27.7 Å². The first-order valence-electron chi connectivity index (χ1n) is 8.02. The molecule has 1 N–H and O–H groups in total. The van der Waals surface area contributed by atoms with Crippen LogP contribution >= 0.6 is 0 Å². The van der Waals surface area contributed by atoms with Gasteiger partial charge >= 0.3 is 5.97 Å².